The van der Waals surface area contributed by atoms with Crippen molar-refractivity contribution in [3.63, 3.8) is 0 Å². The fraction of sp³-hybridized carbons (Fsp3) is 0.889. The monoisotopic (exact) mass is 363 g/mol. The number of amides is 1. The minimum absolute atomic E-state index is 0.103. The topological polar surface area (TPSA) is 66.8 Å². The van der Waals surface area contributed by atoms with Gasteiger partial charge in [0.2, 0.25) is 5.91 Å². The van der Waals surface area contributed by atoms with Crippen molar-refractivity contribution in [2.24, 2.45) is 17.3 Å². The molecule has 3 fully saturated rings. The summed E-state index contributed by atoms with van der Waals surface area (Å²) in [6, 6.07) is 0. The van der Waals surface area contributed by atoms with E-state index in [1.807, 2.05) is 18.7 Å². The lowest BCUT2D eigenvalue weighted by Gasteiger charge is -2.36. The third kappa shape index (κ3) is 5.36. The van der Waals surface area contributed by atoms with E-state index < -0.39 is 5.92 Å². The first-order chi connectivity index (χ1) is 11.6. The molecule has 7 heteroatoms. The van der Waals surface area contributed by atoms with Gasteiger partial charge in [-0.3, -0.25) is 9.59 Å². The summed E-state index contributed by atoms with van der Waals surface area (Å²) >= 11 is 0. The maximum atomic E-state index is 12.7. The van der Waals surface area contributed by atoms with Crippen LogP contribution in [0.4, 0.5) is 8.78 Å². The number of carbonyl (C=O) groups is 2. The van der Waals surface area contributed by atoms with Crippen LogP contribution in [-0.4, -0.2) is 53.6 Å². The number of rotatable bonds is 4. The maximum Gasteiger partial charge on any atom is 0.290 e. The third-order valence-corrected chi connectivity index (χ3v) is 5.41. The number of carbonyl (C=O) groups excluding carboxylic acids is 1. The smallest absolute Gasteiger partial charge is 0.290 e. The number of hydrogen-bond acceptors (Lipinski definition) is 3. The molecule has 2 unspecified atom stereocenters. The van der Waals surface area contributed by atoms with E-state index in [9.17, 15) is 13.6 Å². The molecule has 0 aromatic heterocycles. The molecule has 1 saturated heterocycles. The minimum Gasteiger partial charge on any atom is -0.483 e. The molecule has 5 nitrogen and oxygen atoms in total. The molecule has 146 valence electrons. The Hall–Kier alpha value is -1.24. The van der Waals surface area contributed by atoms with E-state index >= 15 is 0 Å². The molecule has 0 bridgehead atoms. The quantitative estimate of drug-likeness (QED) is 0.777. The normalized spacial score (nSPS) is 29.0. The first kappa shape index (κ1) is 21.8. The van der Waals surface area contributed by atoms with Crippen LogP contribution in [0.25, 0.3) is 0 Å². The van der Waals surface area contributed by atoms with E-state index in [-0.39, 0.29) is 37.4 Å². The van der Waals surface area contributed by atoms with Gasteiger partial charge in [0.15, 0.2) is 0 Å². The van der Waals surface area contributed by atoms with Crippen LogP contribution < -0.4 is 0 Å². The molecule has 2 aliphatic carbocycles. The Balaban J connectivity index is 0.000000567. The summed E-state index contributed by atoms with van der Waals surface area (Å²) in [7, 11) is 0. The van der Waals surface area contributed by atoms with Gasteiger partial charge in [-0.15, -0.1) is 0 Å². The van der Waals surface area contributed by atoms with Gasteiger partial charge in [-0.2, -0.15) is 0 Å². The Labute approximate surface area is 148 Å². The van der Waals surface area contributed by atoms with Crippen LogP contribution in [0, 0.1) is 17.3 Å². The van der Waals surface area contributed by atoms with Gasteiger partial charge in [-0.05, 0) is 24.2 Å². The maximum absolute atomic E-state index is 12.7. The number of carboxylic acid groups (broad SMARTS) is 1. The number of likely N-dealkylation sites (tertiary alicyclic amines) is 1. The lowest BCUT2D eigenvalue weighted by atomic mass is 9.91. The van der Waals surface area contributed by atoms with Gasteiger partial charge >= 0.3 is 0 Å². The summed E-state index contributed by atoms with van der Waals surface area (Å²) in [5.74, 6) is -1.16. The molecule has 3 aliphatic rings. The summed E-state index contributed by atoms with van der Waals surface area (Å²) < 4.78 is 30.9. The lowest BCUT2D eigenvalue weighted by Crippen LogP contribution is -2.43. The van der Waals surface area contributed by atoms with Crippen LogP contribution in [0.15, 0.2) is 0 Å². The van der Waals surface area contributed by atoms with Gasteiger partial charge in [0.05, 0.1) is 18.6 Å². The first-order valence-electron chi connectivity index (χ1n) is 8.99. The minimum atomic E-state index is -2.56. The van der Waals surface area contributed by atoms with Crippen LogP contribution in [0.2, 0.25) is 0 Å². The van der Waals surface area contributed by atoms with Gasteiger partial charge in [0.1, 0.15) is 0 Å². The van der Waals surface area contributed by atoms with Crippen LogP contribution in [0.1, 0.15) is 53.9 Å². The SMILES string of the molecule is CC.C[C@H](CC(=O)N1CC2C(C1)C2(C)C)OC1CC(F)(F)C1.O=CO. The zero-order valence-corrected chi connectivity index (χ0v) is 15.8. The van der Waals surface area contributed by atoms with Crippen molar-refractivity contribution in [3.05, 3.63) is 0 Å². The van der Waals surface area contributed by atoms with E-state index in [4.69, 9.17) is 14.6 Å². The van der Waals surface area contributed by atoms with Gasteiger partial charge in [-0.25, -0.2) is 8.78 Å². The molecule has 0 radical (unpaired) electrons. The zero-order valence-electron chi connectivity index (χ0n) is 15.8. The van der Waals surface area contributed by atoms with E-state index in [0.29, 0.717) is 23.7 Å². The Morgan fingerprint density at radius 3 is 2.12 bits per heavy atom. The van der Waals surface area contributed by atoms with Crippen molar-refractivity contribution in [2.45, 2.75) is 72.0 Å². The number of nitrogens with zero attached hydrogens (tertiary/aromatic N) is 1. The Morgan fingerprint density at radius 1 is 1.28 bits per heavy atom. The number of piperidine rings is 1. The Morgan fingerprint density at radius 2 is 1.72 bits per heavy atom. The average Bonchev–Trinajstić information content (AvgIpc) is 2.87. The molecule has 3 atom stereocenters. The van der Waals surface area contributed by atoms with Crippen LogP contribution in [-0.2, 0) is 14.3 Å². The molecule has 1 heterocycles. The predicted octanol–water partition coefficient (Wildman–Crippen LogP) is 3.42. The summed E-state index contributed by atoms with van der Waals surface area (Å²) in [4.78, 5) is 22.4. The fourth-order valence-electron chi connectivity index (χ4n) is 3.79. The van der Waals surface area contributed by atoms with Crippen LogP contribution >= 0.6 is 0 Å². The van der Waals surface area contributed by atoms with Gasteiger partial charge in [0.25, 0.3) is 12.4 Å². The van der Waals surface area contributed by atoms with Crippen molar-refractivity contribution >= 4 is 12.4 Å². The average molecular weight is 363 g/mol. The number of halogens is 2. The van der Waals surface area contributed by atoms with Crippen molar-refractivity contribution in [3.8, 4) is 0 Å². The molecule has 25 heavy (non-hydrogen) atoms. The van der Waals surface area contributed by atoms with Crippen LogP contribution in [0.5, 0.6) is 0 Å². The third-order valence-electron chi connectivity index (χ3n) is 5.41. The Bertz CT molecular complexity index is 448. The van der Waals surface area contributed by atoms with Crippen molar-refractivity contribution in [1.29, 1.82) is 0 Å². The molecule has 0 aromatic rings. The molecule has 0 spiro atoms. The largest absolute Gasteiger partial charge is 0.483 e. The van der Waals surface area contributed by atoms with Gasteiger partial charge in [-0.1, -0.05) is 27.7 Å². The molecular weight excluding hydrogens is 332 g/mol. The zero-order chi connectivity index (χ0) is 19.4. The highest BCUT2D eigenvalue weighted by molar-refractivity contribution is 5.77. The summed E-state index contributed by atoms with van der Waals surface area (Å²) in [5.41, 5.74) is 0.399. The van der Waals surface area contributed by atoms with Gasteiger partial charge < -0.3 is 14.7 Å². The van der Waals surface area contributed by atoms with Crippen molar-refractivity contribution in [1.82, 2.24) is 4.90 Å². The molecule has 2 saturated carbocycles. The summed E-state index contributed by atoms with van der Waals surface area (Å²) in [5, 5.41) is 6.89. The second-order valence-electron chi connectivity index (χ2n) is 7.48. The number of alkyl halides is 2. The molecule has 1 N–H and O–H groups in total. The fourth-order valence-corrected chi connectivity index (χ4v) is 3.79. The predicted molar refractivity (Wildman–Crippen MR) is 90.5 cm³/mol. The number of hydrogen-bond donors (Lipinski definition) is 1. The molecular formula is C18H31F2NO4. The van der Waals surface area contributed by atoms with E-state index in [1.165, 1.54) is 0 Å². The second-order valence-corrected chi connectivity index (χ2v) is 7.48. The molecule has 0 aromatic carbocycles. The van der Waals surface area contributed by atoms with E-state index in [2.05, 4.69) is 13.8 Å². The summed E-state index contributed by atoms with van der Waals surface area (Å²) in [6.45, 7) is 11.8. The summed E-state index contributed by atoms with van der Waals surface area (Å²) in [6.07, 6.45) is -0.740. The standard InChI is InChI=1S/C15H23F2NO2.C2H6.CH2O2/c1-9(20-10-5-15(16,17)6-10)4-13(19)18-7-11-12(8-18)14(11,2)3;1-2;2-1-3/h9-12H,4-8H2,1-3H3;1-2H3;1H,(H,2,3)/t9-,11?,12?;;/m1../s1. The molecule has 3 rings (SSSR count). The van der Waals surface area contributed by atoms with E-state index in [1.54, 1.807) is 6.92 Å². The Kier molecular flexibility index (Phi) is 7.35. The van der Waals surface area contributed by atoms with Crippen LogP contribution in [0.3, 0.4) is 0 Å². The highest BCUT2D eigenvalue weighted by Gasteiger charge is 2.62. The molecule has 1 aliphatic heterocycles. The highest BCUT2D eigenvalue weighted by Crippen LogP contribution is 2.62. The van der Waals surface area contributed by atoms with Crippen molar-refractivity contribution < 1.29 is 28.2 Å². The number of ether oxygens (including phenoxy) is 1. The van der Waals surface area contributed by atoms with Crippen molar-refractivity contribution in [2.75, 3.05) is 13.1 Å². The highest BCUT2D eigenvalue weighted by atomic mass is 19.3. The molecule has 1 amide bonds. The van der Waals surface area contributed by atoms with Gasteiger partial charge in [0, 0.05) is 25.9 Å². The lowest BCUT2D eigenvalue weighted by molar-refractivity contribution is -0.181. The second kappa shape index (κ2) is 8.43. The number of fused-ring (bicyclic) bond motifs is 1. The first-order valence-corrected chi connectivity index (χ1v) is 8.99. The van der Waals surface area contributed by atoms with E-state index in [0.717, 1.165) is 13.1 Å².